The highest BCUT2D eigenvalue weighted by Gasteiger charge is 2.19. The van der Waals surface area contributed by atoms with E-state index < -0.39 is 0 Å². The van der Waals surface area contributed by atoms with E-state index in [9.17, 15) is 9.59 Å². The molecule has 0 amide bonds. The number of rotatable bonds is 5. The summed E-state index contributed by atoms with van der Waals surface area (Å²) in [7, 11) is 5.07. The van der Waals surface area contributed by atoms with Crippen molar-refractivity contribution in [2.45, 2.75) is 26.2 Å². The number of piperidine rings is 1. The molecule has 188 valence electrons. The van der Waals surface area contributed by atoms with Gasteiger partial charge in [-0.1, -0.05) is 11.6 Å². The predicted octanol–water partition coefficient (Wildman–Crippen LogP) is 4.07. The number of imidazole rings is 1. The first-order valence-corrected chi connectivity index (χ1v) is 12.3. The van der Waals surface area contributed by atoms with Crippen molar-refractivity contribution in [2.24, 2.45) is 19.1 Å². The van der Waals surface area contributed by atoms with Crippen LogP contribution in [0.1, 0.15) is 30.5 Å². The fraction of sp³-hybridized carbons (Fsp3) is 0.346. The van der Waals surface area contributed by atoms with E-state index in [-0.39, 0.29) is 11.2 Å². The molecule has 1 aliphatic rings. The number of aryl methyl sites for hydroxylation is 3. The van der Waals surface area contributed by atoms with E-state index in [2.05, 4.69) is 10.00 Å². The first kappa shape index (κ1) is 24.0. The molecule has 0 spiro atoms. The van der Waals surface area contributed by atoms with Crippen LogP contribution in [0.5, 0.6) is 5.75 Å². The summed E-state index contributed by atoms with van der Waals surface area (Å²) in [5.74, 6) is 0.483. The second kappa shape index (κ2) is 9.39. The Morgan fingerprint density at radius 1 is 1.03 bits per heavy atom. The first-order chi connectivity index (χ1) is 17.3. The van der Waals surface area contributed by atoms with Gasteiger partial charge in [0, 0.05) is 45.2 Å². The molecule has 36 heavy (non-hydrogen) atoms. The Morgan fingerprint density at radius 3 is 2.42 bits per heavy atom. The number of nitrogens with zero attached hydrogens (tertiary/aromatic N) is 5. The maximum Gasteiger partial charge on any atom is 0.328 e. The first-order valence-electron chi connectivity index (χ1n) is 11.9. The highest BCUT2D eigenvalue weighted by atomic mass is 35.5. The third-order valence-electron chi connectivity index (χ3n) is 6.91. The number of fused-ring (bicyclic) bond motifs is 1. The van der Waals surface area contributed by atoms with Crippen molar-refractivity contribution in [3.8, 4) is 11.4 Å². The molecule has 0 atom stereocenters. The van der Waals surface area contributed by atoms with Crippen molar-refractivity contribution in [1.29, 1.82) is 0 Å². The van der Waals surface area contributed by atoms with Gasteiger partial charge in [0.25, 0.3) is 5.56 Å². The largest absolute Gasteiger partial charge is 0.495 e. The normalized spacial score (nSPS) is 14.3. The summed E-state index contributed by atoms with van der Waals surface area (Å²) >= 11 is 6.15. The number of aromatic amines is 1. The van der Waals surface area contributed by atoms with E-state index >= 15 is 0 Å². The summed E-state index contributed by atoms with van der Waals surface area (Å²) in [5, 5.41) is 3.59. The van der Waals surface area contributed by atoms with Crippen LogP contribution in [0.4, 0.5) is 11.4 Å². The quantitative estimate of drug-likeness (QED) is 0.411. The molecule has 0 bridgehead atoms. The fourth-order valence-electron chi connectivity index (χ4n) is 4.83. The monoisotopic (exact) mass is 508 g/mol. The summed E-state index contributed by atoms with van der Waals surface area (Å²) in [6.45, 7) is 3.70. The SMILES string of the molecule is COc1cc(-n2[nH]c(C)c(C=Nc3cc4c(cc3N3CCCCC3)n(C)c(=O)n4C)c2=O)ccc1Cl. The Bertz CT molecular complexity index is 1600. The Balaban J connectivity index is 1.60. The van der Waals surface area contributed by atoms with Gasteiger partial charge in [0.05, 0.1) is 45.8 Å². The van der Waals surface area contributed by atoms with Gasteiger partial charge >= 0.3 is 5.69 Å². The van der Waals surface area contributed by atoms with Crippen LogP contribution in [0, 0.1) is 6.92 Å². The summed E-state index contributed by atoms with van der Waals surface area (Å²) in [6, 6.07) is 9.12. The van der Waals surface area contributed by atoms with Gasteiger partial charge in [0.15, 0.2) is 0 Å². The van der Waals surface area contributed by atoms with E-state index in [1.54, 1.807) is 47.6 Å². The Kier molecular flexibility index (Phi) is 6.26. The zero-order chi connectivity index (χ0) is 25.6. The van der Waals surface area contributed by atoms with Crippen molar-refractivity contribution in [1.82, 2.24) is 18.9 Å². The minimum absolute atomic E-state index is 0.0847. The zero-order valence-electron chi connectivity index (χ0n) is 20.8. The molecule has 0 radical (unpaired) electrons. The molecule has 0 aliphatic carbocycles. The van der Waals surface area contributed by atoms with E-state index in [1.165, 1.54) is 18.2 Å². The Morgan fingerprint density at radius 2 is 1.72 bits per heavy atom. The molecular formula is C26H29ClN6O3. The van der Waals surface area contributed by atoms with Gasteiger partial charge in [0.1, 0.15) is 5.75 Å². The number of nitrogens with one attached hydrogen (secondary N) is 1. The maximum atomic E-state index is 13.3. The van der Waals surface area contributed by atoms with Gasteiger partial charge in [-0.3, -0.25) is 24.0 Å². The molecular weight excluding hydrogens is 480 g/mol. The van der Waals surface area contributed by atoms with E-state index in [0.29, 0.717) is 27.7 Å². The van der Waals surface area contributed by atoms with Crippen LogP contribution >= 0.6 is 11.6 Å². The number of ether oxygens (including phenoxy) is 1. The molecule has 1 aliphatic heterocycles. The van der Waals surface area contributed by atoms with Crippen molar-refractivity contribution >= 4 is 40.2 Å². The molecule has 4 aromatic rings. The van der Waals surface area contributed by atoms with Crippen molar-refractivity contribution in [3.63, 3.8) is 0 Å². The van der Waals surface area contributed by atoms with E-state index in [4.69, 9.17) is 21.3 Å². The molecule has 5 rings (SSSR count). The van der Waals surface area contributed by atoms with E-state index in [1.807, 2.05) is 19.1 Å². The molecule has 2 aromatic heterocycles. The third kappa shape index (κ3) is 4.03. The van der Waals surface area contributed by atoms with Crippen LogP contribution in [0.25, 0.3) is 16.7 Å². The average Bonchev–Trinajstić information content (AvgIpc) is 3.29. The number of hydrogen-bond donors (Lipinski definition) is 1. The van der Waals surface area contributed by atoms with Gasteiger partial charge < -0.3 is 9.64 Å². The van der Waals surface area contributed by atoms with Crippen LogP contribution in [0.15, 0.2) is 44.9 Å². The molecule has 0 unspecified atom stereocenters. The number of halogens is 1. The van der Waals surface area contributed by atoms with E-state index in [0.717, 1.165) is 48.3 Å². The van der Waals surface area contributed by atoms with Gasteiger partial charge in [0.2, 0.25) is 0 Å². The molecule has 1 saturated heterocycles. The fourth-order valence-corrected chi connectivity index (χ4v) is 5.02. The van der Waals surface area contributed by atoms with Crippen LogP contribution in [-0.4, -0.2) is 45.3 Å². The van der Waals surface area contributed by atoms with Crippen molar-refractivity contribution in [2.75, 3.05) is 25.1 Å². The van der Waals surface area contributed by atoms with Crippen molar-refractivity contribution < 1.29 is 4.74 Å². The third-order valence-corrected chi connectivity index (χ3v) is 7.22. The lowest BCUT2D eigenvalue weighted by atomic mass is 10.1. The van der Waals surface area contributed by atoms with Gasteiger partial charge in [-0.15, -0.1) is 0 Å². The topological polar surface area (TPSA) is 89.6 Å². The zero-order valence-corrected chi connectivity index (χ0v) is 21.6. The number of hydrogen-bond acceptors (Lipinski definition) is 5. The van der Waals surface area contributed by atoms with Crippen molar-refractivity contribution in [3.05, 3.63) is 67.4 Å². The smallest absolute Gasteiger partial charge is 0.328 e. The Labute approximate surface area is 213 Å². The van der Waals surface area contributed by atoms with Crippen LogP contribution in [-0.2, 0) is 14.1 Å². The standard InChI is InChI=1S/C26H29ClN6O3/c1-16-18(25(34)33(29-16)17-8-9-19(27)24(12-17)36-4)15-28-20-13-22-23(31(3)26(35)30(22)2)14-21(20)32-10-6-5-7-11-32/h8-9,12-15,29H,5-7,10-11H2,1-4H3. The summed E-state index contributed by atoms with van der Waals surface area (Å²) < 4.78 is 10.0. The maximum absolute atomic E-state index is 13.3. The molecule has 1 fully saturated rings. The number of aliphatic imine (C=N–C) groups is 1. The second-order valence-corrected chi connectivity index (χ2v) is 9.55. The summed E-state index contributed by atoms with van der Waals surface area (Å²) in [4.78, 5) is 33.0. The summed E-state index contributed by atoms with van der Waals surface area (Å²) in [6.07, 6.45) is 5.04. The molecule has 9 nitrogen and oxygen atoms in total. The second-order valence-electron chi connectivity index (χ2n) is 9.15. The minimum atomic E-state index is -0.228. The highest BCUT2D eigenvalue weighted by Crippen LogP contribution is 2.35. The molecule has 2 aromatic carbocycles. The number of benzene rings is 2. The molecule has 0 saturated carbocycles. The molecule has 1 N–H and O–H groups in total. The lowest BCUT2D eigenvalue weighted by molar-refractivity contribution is 0.414. The number of methoxy groups -OCH3 is 1. The molecule has 3 heterocycles. The van der Waals surface area contributed by atoms with Gasteiger partial charge in [-0.2, -0.15) is 0 Å². The number of anilines is 1. The summed E-state index contributed by atoms with van der Waals surface area (Å²) in [5.41, 5.74) is 4.79. The lowest BCUT2D eigenvalue weighted by Gasteiger charge is -2.30. The number of H-pyrrole nitrogens is 1. The minimum Gasteiger partial charge on any atom is -0.495 e. The van der Waals surface area contributed by atoms with Gasteiger partial charge in [-0.25, -0.2) is 9.48 Å². The molecule has 10 heteroatoms. The Hall–Kier alpha value is -3.72. The van der Waals surface area contributed by atoms with Crippen LogP contribution in [0.3, 0.4) is 0 Å². The highest BCUT2D eigenvalue weighted by molar-refractivity contribution is 6.32. The predicted molar refractivity (Wildman–Crippen MR) is 144 cm³/mol. The lowest BCUT2D eigenvalue weighted by Crippen LogP contribution is -2.29. The van der Waals surface area contributed by atoms with Gasteiger partial charge in [-0.05, 0) is 50.5 Å². The number of aromatic nitrogens is 4. The average molecular weight is 509 g/mol. The van der Waals surface area contributed by atoms with Crippen LogP contribution in [0.2, 0.25) is 5.02 Å². The van der Waals surface area contributed by atoms with Crippen LogP contribution < -0.4 is 20.9 Å².